The molecule has 1 saturated heterocycles. The standard InChI is InChI=1S/C25H25FN6O3/c1-25(2,3)35-24(33)31(5)23-20-21(30(4)13-28-20)18-9-19(15-6-14(10-27)7-16(26)8-15)32(22(18)29-23)11-17-12-34-17/h6-9,13,17H,11-12H2,1-5H3. The molecule has 1 aromatic carbocycles. The molecule has 9 nitrogen and oxygen atoms in total. The molecule has 1 aliphatic rings. The number of nitrogens with zero attached hydrogens (tertiary/aromatic N) is 6. The van der Waals surface area contributed by atoms with Crippen LogP contribution >= 0.6 is 0 Å². The first-order chi connectivity index (χ1) is 16.6. The first kappa shape index (κ1) is 22.8. The summed E-state index contributed by atoms with van der Waals surface area (Å²) >= 11 is 0. The van der Waals surface area contributed by atoms with Crippen molar-refractivity contribution in [1.29, 1.82) is 5.26 Å². The Hall–Kier alpha value is -3.97. The fourth-order valence-electron chi connectivity index (χ4n) is 4.15. The van der Waals surface area contributed by atoms with Crippen LogP contribution in [-0.4, -0.2) is 50.6 Å². The Bertz CT molecular complexity index is 1520. The molecule has 1 amide bonds. The predicted octanol–water partition coefficient (Wildman–Crippen LogP) is 4.37. The summed E-state index contributed by atoms with van der Waals surface area (Å²) < 4.78 is 29.2. The van der Waals surface area contributed by atoms with E-state index >= 15 is 0 Å². The Morgan fingerprint density at radius 2 is 2.09 bits per heavy atom. The molecule has 0 radical (unpaired) electrons. The van der Waals surface area contributed by atoms with Gasteiger partial charge < -0.3 is 18.6 Å². The number of carbonyl (C=O) groups excluding carboxylic acids is 1. The second-order valence-electron chi connectivity index (χ2n) is 9.70. The van der Waals surface area contributed by atoms with Crippen molar-refractivity contribution in [3.05, 3.63) is 42.0 Å². The highest BCUT2D eigenvalue weighted by atomic mass is 19.1. The molecule has 0 saturated carbocycles. The molecule has 10 heteroatoms. The zero-order valence-electron chi connectivity index (χ0n) is 20.2. The molecule has 4 aromatic rings. The maximum absolute atomic E-state index is 14.4. The highest BCUT2D eigenvalue weighted by Crippen LogP contribution is 2.37. The van der Waals surface area contributed by atoms with Gasteiger partial charge in [0.15, 0.2) is 5.82 Å². The second-order valence-corrected chi connectivity index (χ2v) is 9.70. The molecule has 1 fully saturated rings. The number of carbonyl (C=O) groups is 1. The largest absolute Gasteiger partial charge is 0.443 e. The number of rotatable bonds is 4. The Balaban J connectivity index is 1.77. The van der Waals surface area contributed by atoms with Crippen LogP contribution in [-0.2, 0) is 23.1 Å². The minimum atomic E-state index is -0.675. The van der Waals surface area contributed by atoms with Crippen molar-refractivity contribution in [2.75, 3.05) is 18.6 Å². The van der Waals surface area contributed by atoms with Gasteiger partial charge in [-0.2, -0.15) is 5.26 Å². The zero-order chi connectivity index (χ0) is 25.1. The highest BCUT2D eigenvalue weighted by Gasteiger charge is 2.29. The maximum Gasteiger partial charge on any atom is 0.415 e. The van der Waals surface area contributed by atoms with Crippen LogP contribution in [0, 0.1) is 17.1 Å². The van der Waals surface area contributed by atoms with E-state index < -0.39 is 17.5 Å². The quantitative estimate of drug-likeness (QED) is 0.406. The lowest BCUT2D eigenvalue weighted by Crippen LogP contribution is -2.34. The fraction of sp³-hybridized carbons (Fsp3) is 0.360. The van der Waals surface area contributed by atoms with E-state index in [-0.39, 0.29) is 11.7 Å². The fourth-order valence-corrected chi connectivity index (χ4v) is 4.15. The number of amides is 1. The number of hydrogen-bond acceptors (Lipinski definition) is 6. The van der Waals surface area contributed by atoms with E-state index in [0.717, 1.165) is 10.9 Å². The average Bonchev–Trinajstić information content (AvgIpc) is 3.42. The monoisotopic (exact) mass is 476 g/mol. The maximum atomic E-state index is 14.4. The van der Waals surface area contributed by atoms with E-state index in [4.69, 9.17) is 14.5 Å². The summed E-state index contributed by atoms with van der Waals surface area (Å²) in [6.45, 7) is 6.50. The van der Waals surface area contributed by atoms with E-state index in [2.05, 4.69) is 4.98 Å². The number of benzene rings is 1. The van der Waals surface area contributed by atoms with Gasteiger partial charge in [0.2, 0.25) is 0 Å². The molecular formula is C25H25FN6O3. The Kier molecular flexibility index (Phi) is 5.25. The number of epoxide rings is 1. The van der Waals surface area contributed by atoms with Gasteiger partial charge in [-0.15, -0.1) is 0 Å². The van der Waals surface area contributed by atoms with E-state index in [9.17, 15) is 14.4 Å². The highest BCUT2D eigenvalue weighted by molar-refractivity contribution is 6.10. The molecule has 5 rings (SSSR count). The third-order valence-corrected chi connectivity index (χ3v) is 5.78. The van der Waals surface area contributed by atoms with Crippen molar-refractivity contribution in [3.63, 3.8) is 0 Å². The number of halogens is 1. The van der Waals surface area contributed by atoms with Gasteiger partial charge in [0.05, 0.1) is 48.4 Å². The number of nitriles is 1. The summed E-state index contributed by atoms with van der Waals surface area (Å²) in [5.41, 5.74) is 2.70. The first-order valence-electron chi connectivity index (χ1n) is 11.2. The number of pyridine rings is 1. The summed E-state index contributed by atoms with van der Waals surface area (Å²) in [6, 6.07) is 8.18. The number of fused-ring (bicyclic) bond motifs is 3. The van der Waals surface area contributed by atoms with Crippen LogP contribution in [0.15, 0.2) is 30.6 Å². The topological polar surface area (TPSA) is 102 Å². The molecule has 1 atom stereocenters. The van der Waals surface area contributed by atoms with E-state index in [1.54, 1.807) is 40.2 Å². The van der Waals surface area contributed by atoms with Crippen LogP contribution in [0.5, 0.6) is 0 Å². The van der Waals surface area contributed by atoms with Crippen LogP contribution in [0.3, 0.4) is 0 Å². The minimum Gasteiger partial charge on any atom is -0.443 e. The van der Waals surface area contributed by atoms with Crippen LogP contribution < -0.4 is 4.90 Å². The van der Waals surface area contributed by atoms with Gasteiger partial charge in [-0.1, -0.05) is 0 Å². The lowest BCUT2D eigenvalue weighted by Gasteiger charge is -2.24. The van der Waals surface area contributed by atoms with Gasteiger partial charge in [0.25, 0.3) is 0 Å². The van der Waals surface area contributed by atoms with E-state index in [1.165, 1.54) is 17.0 Å². The summed E-state index contributed by atoms with van der Waals surface area (Å²) in [5, 5.41) is 10.2. The molecule has 35 heavy (non-hydrogen) atoms. The molecule has 0 N–H and O–H groups in total. The smallest absolute Gasteiger partial charge is 0.415 e. The van der Waals surface area contributed by atoms with Crippen LogP contribution in [0.2, 0.25) is 0 Å². The van der Waals surface area contributed by atoms with Gasteiger partial charge in [-0.05, 0) is 45.0 Å². The van der Waals surface area contributed by atoms with Crippen molar-refractivity contribution in [2.24, 2.45) is 7.05 Å². The summed E-state index contributed by atoms with van der Waals surface area (Å²) in [7, 11) is 3.46. The Morgan fingerprint density at radius 1 is 1.34 bits per heavy atom. The number of aromatic nitrogens is 4. The summed E-state index contributed by atoms with van der Waals surface area (Å²) in [6.07, 6.45) is 1.11. The predicted molar refractivity (Wildman–Crippen MR) is 128 cm³/mol. The SMILES string of the molecule is CN(C(=O)OC(C)(C)C)c1nc2c(cc(-c3cc(F)cc(C#N)c3)n2CC2CO2)c2c1ncn2C. The Labute approximate surface area is 201 Å². The molecule has 1 aliphatic heterocycles. The molecule has 4 heterocycles. The summed E-state index contributed by atoms with van der Waals surface area (Å²) in [5.74, 6) is -0.149. The summed E-state index contributed by atoms with van der Waals surface area (Å²) in [4.78, 5) is 23.6. The average molecular weight is 477 g/mol. The first-order valence-corrected chi connectivity index (χ1v) is 11.2. The lowest BCUT2D eigenvalue weighted by atomic mass is 10.1. The van der Waals surface area contributed by atoms with Crippen LogP contribution in [0.1, 0.15) is 26.3 Å². The number of imidazole rings is 1. The van der Waals surface area contributed by atoms with Crippen LogP contribution in [0.4, 0.5) is 15.0 Å². The third kappa shape index (κ3) is 4.19. The minimum absolute atomic E-state index is 0.00409. The molecule has 0 aliphatic carbocycles. The van der Waals surface area contributed by atoms with E-state index in [1.807, 2.05) is 28.3 Å². The Morgan fingerprint density at radius 3 is 2.74 bits per heavy atom. The van der Waals surface area contributed by atoms with Gasteiger partial charge in [0.1, 0.15) is 22.6 Å². The number of hydrogen-bond donors (Lipinski definition) is 0. The van der Waals surface area contributed by atoms with Crippen molar-refractivity contribution in [3.8, 4) is 17.3 Å². The van der Waals surface area contributed by atoms with Gasteiger partial charge in [-0.3, -0.25) is 4.90 Å². The lowest BCUT2D eigenvalue weighted by molar-refractivity contribution is 0.0588. The van der Waals surface area contributed by atoms with E-state index in [0.29, 0.717) is 41.4 Å². The second kappa shape index (κ2) is 8.06. The molecule has 0 spiro atoms. The normalized spacial score (nSPS) is 15.4. The van der Waals surface area contributed by atoms with Crippen molar-refractivity contribution < 1.29 is 18.7 Å². The van der Waals surface area contributed by atoms with Gasteiger partial charge >= 0.3 is 6.09 Å². The van der Waals surface area contributed by atoms with Crippen LogP contribution in [0.25, 0.3) is 33.3 Å². The van der Waals surface area contributed by atoms with Crippen molar-refractivity contribution in [2.45, 2.75) is 39.0 Å². The molecule has 3 aromatic heterocycles. The molecule has 0 bridgehead atoms. The number of ether oxygens (including phenoxy) is 2. The number of aryl methyl sites for hydroxylation is 1. The number of anilines is 1. The van der Waals surface area contributed by atoms with Gasteiger partial charge in [0, 0.05) is 25.0 Å². The van der Waals surface area contributed by atoms with Crippen molar-refractivity contribution >= 4 is 34.0 Å². The van der Waals surface area contributed by atoms with Gasteiger partial charge in [-0.25, -0.2) is 19.2 Å². The molecular weight excluding hydrogens is 451 g/mol. The van der Waals surface area contributed by atoms with Crippen molar-refractivity contribution in [1.82, 2.24) is 19.1 Å². The third-order valence-electron chi connectivity index (χ3n) is 5.78. The molecule has 1 unspecified atom stereocenters. The zero-order valence-corrected chi connectivity index (χ0v) is 20.2. The molecule has 180 valence electrons.